The van der Waals surface area contributed by atoms with Gasteiger partial charge in [0.1, 0.15) is 12.4 Å². The average Bonchev–Trinajstić information content (AvgIpc) is 2.38. The van der Waals surface area contributed by atoms with Crippen LogP contribution in [0.1, 0.15) is 19.4 Å². The van der Waals surface area contributed by atoms with Crippen molar-refractivity contribution in [1.82, 2.24) is 4.31 Å². The fourth-order valence-electron chi connectivity index (χ4n) is 1.32. The number of anilines is 1. The van der Waals surface area contributed by atoms with Gasteiger partial charge in [0.25, 0.3) is 0 Å². The Morgan fingerprint density at radius 2 is 2.10 bits per heavy atom. The van der Waals surface area contributed by atoms with Gasteiger partial charge in [0.15, 0.2) is 0 Å². The zero-order valence-electron chi connectivity index (χ0n) is 11.5. The first-order valence-electron chi connectivity index (χ1n) is 5.93. The fraction of sp³-hybridized carbons (Fsp3) is 0.385. The van der Waals surface area contributed by atoms with Gasteiger partial charge in [-0.3, -0.25) is 4.72 Å². The minimum atomic E-state index is -3.70. The Kier molecular flexibility index (Phi) is 5.51. The molecular weight excluding hydrogens is 283 g/mol. The average molecular weight is 300 g/mol. The molecule has 0 aliphatic carbocycles. The van der Waals surface area contributed by atoms with Crippen LogP contribution in [0.5, 0.6) is 0 Å². The Bertz CT molecular complexity index is 633. The predicted octanol–water partition coefficient (Wildman–Crippen LogP) is 1.17. The van der Waals surface area contributed by atoms with Crippen molar-refractivity contribution in [1.29, 1.82) is 0 Å². The van der Waals surface area contributed by atoms with E-state index in [2.05, 4.69) is 16.6 Å². The highest BCUT2D eigenvalue weighted by atomic mass is 32.2. The molecule has 0 saturated carbocycles. The topological polar surface area (TPSA) is 69.6 Å². The molecule has 1 aromatic carbocycles. The molecule has 0 fully saturated rings. The SMILES string of the molecule is CC(C)N(C)S(=O)(=O)Nc1ccc(F)c(C#CCO)c1. The summed E-state index contributed by atoms with van der Waals surface area (Å²) in [6, 6.07) is 3.50. The number of aliphatic hydroxyl groups is 1. The third-order valence-corrected chi connectivity index (χ3v) is 4.30. The Labute approximate surface area is 118 Å². The zero-order chi connectivity index (χ0) is 15.3. The van der Waals surface area contributed by atoms with Gasteiger partial charge < -0.3 is 5.11 Å². The van der Waals surface area contributed by atoms with Crippen molar-refractivity contribution in [3.63, 3.8) is 0 Å². The molecule has 0 amide bonds. The first kappa shape index (κ1) is 16.4. The second-order valence-corrected chi connectivity index (χ2v) is 6.10. The number of hydrogen-bond acceptors (Lipinski definition) is 3. The van der Waals surface area contributed by atoms with Crippen molar-refractivity contribution in [3.8, 4) is 11.8 Å². The van der Waals surface area contributed by atoms with Crippen LogP contribution in [-0.4, -0.2) is 37.5 Å². The molecule has 0 spiro atoms. The predicted molar refractivity (Wildman–Crippen MR) is 75.8 cm³/mol. The smallest absolute Gasteiger partial charge is 0.301 e. The van der Waals surface area contributed by atoms with E-state index in [4.69, 9.17) is 5.11 Å². The minimum Gasteiger partial charge on any atom is -0.384 e. The summed E-state index contributed by atoms with van der Waals surface area (Å²) in [7, 11) is -2.25. The summed E-state index contributed by atoms with van der Waals surface area (Å²) in [6.07, 6.45) is 0. The van der Waals surface area contributed by atoms with Gasteiger partial charge in [-0.15, -0.1) is 0 Å². The molecule has 0 atom stereocenters. The van der Waals surface area contributed by atoms with Crippen LogP contribution in [0, 0.1) is 17.7 Å². The molecule has 1 aromatic rings. The Balaban J connectivity index is 3.05. The van der Waals surface area contributed by atoms with E-state index < -0.39 is 22.6 Å². The molecule has 7 heteroatoms. The second-order valence-electron chi connectivity index (χ2n) is 4.37. The van der Waals surface area contributed by atoms with Crippen molar-refractivity contribution < 1.29 is 17.9 Å². The quantitative estimate of drug-likeness (QED) is 0.820. The molecule has 0 bridgehead atoms. The van der Waals surface area contributed by atoms with Crippen LogP contribution >= 0.6 is 0 Å². The summed E-state index contributed by atoms with van der Waals surface area (Å²) in [4.78, 5) is 0. The van der Waals surface area contributed by atoms with E-state index >= 15 is 0 Å². The second kappa shape index (κ2) is 6.70. The van der Waals surface area contributed by atoms with Crippen molar-refractivity contribution in [2.45, 2.75) is 19.9 Å². The van der Waals surface area contributed by atoms with Crippen LogP contribution in [0.4, 0.5) is 10.1 Å². The number of nitrogens with one attached hydrogen (secondary N) is 1. The molecule has 110 valence electrons. The lowest BCUT2D eigenvalue weighted by molar-refractivity contribution is 0.350. The van der Waals surface area contributed by atoms with Gasteiger partial charge in [-0.1, -0.05) is 11.8 Å². The highest BCUT2D eigenvalue weighted by molar-refractivity contribution is 7.90. The van der Waals surface area contributed by atoms with Gasteiger partial charge in [0, 0.05) is 13.1 Å². The summed E-state index contributed by atoms with van der Waals surface area (Å²) in [5, 5.41) is 8.59. The summed E-state index contributed by atoms with van der Waals surface area (Å²) in [5.74, 6) is 4.15. The molecule has 0 heterocycles. The van der Waals surface area contributed by atoms with E-state index in [1.807, 2.05) is 0 Å². The molecule has 0 unspecified atom stereocenters. The Morgan fingerprint density at radius 3 is 2.65 bits per heavy atom. The van der Waals surface area contributed by atoms with Gasteiger partial charge >= 0.3 is 10.2 Å². The summed E-state index contributed by atoms with van der Waals surface area (Å²) in [6.45, 7) is 3.08. The molecule has 1 rings (SSSR count). The lowest BCUT2D eigenvalue weighted by Crippen LogP contribution is -2.37. The monoisotopic (exact) mass is 300 g/mol. The number of hydrogen-bond donors (Lipinski definition) is 2. The van der Waals surface area contributed by atoms with Gasteiger partial charge in [-0.25, -0.2) is 4.39 Å². The number of rotatable bonds is 4. The van der Waals surface area contributed by atoms with Gasteiger partial charge in [-0.05, 0) is 32.0 Å². The van der Waals surface area contributed by atoms with Crippen molar-refractivity contribution >= 4 is 15.9 Å². The lowest BCUT2D eigenvalue weighted by Gasteiger charge is -2.21. The van der Waals surface area contributed by atoms with Gasteiger partial charge in [0.2, 0.25) is 0 Å². The van der Waals surface area contributed by atoms with E-state index in [9.17, 15) is 12.8 Å². The highest BCUT2D eigenvalue weighted by Crippen LogP contribution is 2.16. The largest absolute Gasteiger partial charge is 0.384 e. The summed E-state index contributed by atoms with van der Waals surface area (Å²) >= 11 is 0. The van der Waals surface area contributed by atoms with Crippen LogP contribution in [0.15, 0.2) is 18.2 Å². The molecule has 0 saturated heterocycles. The van der Waals surface area contributed by atoms with Gasteiger partial charge in [-0.2, -0.15) is 12.7 Å². The maximum Gasteiger partial charge on any atom is 0.301 e. The van der Waals surface area contributed by atoms with E-state index in [0.717, 1.165) is 10.4 Å². The third-order valence-electron chi connectivity index (χ3n) is 2.62. The number of benzene rings is 1. The van der Waals surface area contributed by atoms with E-state index in [1.165, 1.54) is 19.2 Å². The third kappa shape index (κ3) is 4.20. The fourth-order valence-corrected chi connectivity index (χ4v) is 2.44. The van der Waals surface area contributed by atoms with Crippen LogP contribution < -0.4 is 4.72 Å². The van der Waals surface area contributed by atoms with Crippen molar-refractivity contribution in [3.05, 3.63) is 29.6 Å². The summed E-state index contributed by atoms with van der Waals surface area (Å²) in [5.41, 5.74) is 0.229. The minimum absolute atomic E-state index is 0.0199. The molecule has 0 aliphatic heterocycles. The van der Waals surface area contributed by atoms with E-state index in [1.54, 1.807) is 13.8 Å². The van der Waals surface area contributed by atoms with E-state index in [0.29, 0.717) is 0 Å². The first-order chi connectivity index (χ1) is 9.27. The normalized spacial score (nSPS) is 11.3. The number of nitrogens with zero attached hydrogens (tertiary/aromatic N) is 1. The van der Waals surface area contributed by atoms with Crippen molar-refractivity contribution in [2.24, 2.45) is 0 Å². The van der Waals surface area contributed by atoms with Crippen LogP contribution in [-0.2, 0) is 10.2 Å². The van der Waals surface area contributed by atoms with Crippen molar-refractivity contribution in [2.75, 3.05) is 18.4 Å². The summed E-state index contributed by atoms with van der Waals surface area (Å²) < 4.78 is 40.9. The molecular formula is C13H17FN2O3S. The highest BCUT2D eigenvalue weighted by Gasteiger charge is 2.20. The molecule has 0 aliphatic rings. The molecule has 20 heavy (non-hydrogen) atoms. The standard InChI is InChI=1S/C13H17FN2O3S/c1-10(2)16(3)20(18,19)15-12-6-7-13(14)11(9-12)5-4-8-17/h6-7,9-10,15,17H,8H2,1-3H3. The van der Waals surface area contributed by atoms with Gasteiger partial charge in [0.05, 0.1) is 11.3 Å². The number of aliphatic hydroxyl groups excluding tert-OH is 1. The number of halogens is 1. The van der Waals surface area contributed by atoms with E-state index in [-0.39, 0.29) is 17.3 Å². The molecule has 5 nitrogen and oxygen atoms in total. The lowest BCUT2D eigenvalue weighted by atomic mass is 10.2. The molecule has 0 radical (unpaired) electrons. The Hall–Kier alpha value is -1.62. The molecule has 2 N–H and O–H groups in total. The molecule has 0 aromatic heterocycles. The van der Waals surface area contributed by atoms with Crippen LogP contribution in [0.3, 0.4) is 0 Å². The Morgan fingerprint density at radius 1 is 1.45 bits per heavy atom. The first-order valence-corrected chi connectivity index (χ1v) is 7.37. The maximum atomic E-state index is 13.4. The zero-order valence-corrected chi connectivity index (χ0v) is 12.3. The van der Waals surface area contributed by atoms with Crippen LogP contribution in [0.2, 0.25) is 0 Å². The maximum absolute atomic E-state index is 13.4. The van der Waals surface area contributed by atoms with Crippen LogP contribution in [0.25, 0.3) is 0 Å².